The highest BCUT2D eigenvalue weighted by Gasteiger charge is 2.35. The lowest BCUT2D eigenvalue weighted by Gasteiger charge is -2.14. The predicted octanol–water partition coefficient (Wildman–Crippen LogP) is 4.04. The normalized spacial score (nSPS) is 17.6. The van der Waals surface area contributed by atoms with E-state index in [1.54, 1.807) is 25.8 Å². The van der Waals surface area contributed by atoms with Crippen molar-refractivity contribution < 1.29 is 9.53 Å². The summed E-state index contributed by atoms with van der Waals surface area (Å²) in [6, 6.07) is 8.37. The summed E-state index contributed by atoms with van der Waals surface area (Å²) >= 11 is 1.65. The summed E-state index contributed by atoms with van der Waals surface area (Å²) in [7, 11) is 1.73. The van der Waals surface area contributed by atoms with Crippen molar-refractivity contribution in [1.82, 2.24) is 25.4 Å². The number of benzene rings is 1. The molecule has 0 fully saturated rings. The Morgan fingerprint density at radius 1 is 1.26 bits per heavy atom. The number of anilines is 1. The van der Waals surface area contributed by atoms with Gasteiger partial charge >= 0.3 is 0 Å². The van der Waals surface area contributed by atoms with Gasteiger partial charge in [0, 0.05) is 48.5 Å². The zero-order chi connectivity index (χ0) is 24.1. The van der Waals surface area contributed by atoms with Crippen LogP contribution in [-0.4, -0.2) is 39.8 Å². The van der Waals surface area contributed by atoms with Crippen LogP contribution in [-0.2, 0) is 17.6 Å². The van der Waals surface area contributed by atoms with Gasteiger partial charge in [-0.05, 0) is 49.9 Å². The molecule has 0 bridgehead atoms. The van der Waals surface area contributed by atoms with Gasteiger partial charge in [-0.3, -0.25) is 4.79 Å². The third-order valence-corrected chi connectivity index (χ3v) is 7.75. The fraction of sp³-hybridized carbons (Fsp3) is 0.346. The number of allylic oxidation sites excluding steroid dienone is 1. The Hall–Kier alpha value is -3.46. The molecule has 1 unspecified atom stereocenters. The molecule has 35 heavy (non-hydrogen) atoms. The first-order valence-electron chi connectivity index (χ1n) is 12.0. The number of carbonyl (C=O) groups excluding carboxylic acids is 1. The van der Waals surface area contributed by atoms with Crippen LogP contribution in [0.15, 0.2) is 36.2 Å². The third-order valence-electron chi connectivity index (χ3n) is 6.61. The smallest absolute Gasteiger partial charge is 0.219 e. The molecule has 3 aromatic rings. The molecular formula is C26H28N6O2S. The first-order valence-corrected chi connectivity index (χ1v) is 12.9. The summed E-state index contributed by atoms with van der Waals surface area (Å²) in [5.41, 5.74) is 8.72. The Morgan fingerprint density at radius 3 is 2.89 bits per heavy atom. The number of ether oxygens (including phenoxy) is 1. The SMILES string of the molecule is CCNc1ccc(-c2nn(-c3ccc4c(c3OC)C4)c3c2CCCC2=C3SC(NC(C)=O)N2)cn1. The van der Waals surface area contributed by atoms with Crippen molar-refractivity contribution >= 4 is 28.4 Å². The number of hydrogen-bond acceptors (Lipinski definition) is 7. The first-order chi connectivity index (χ1) is 17.1. The molecule has 6 rings (SSSR count). The van der Waals surface area contributed by atoms with Crippen molar-refractivity contribution in [3.63, 3.8) is 0 Å². The summed E-state index contributed by atoms with van der Waals surface area (Å²) in [5, 5.41) is 15.0. The van der Waals surface area contributed by atoms with Gasteiger partial charge in [0.25, 0.3) is 0 Å². The molecule has 1 aromatic carbocycles. The molecule has 0 saturated carbocycles. The fourth-order valence-corrected chi connectivity index (χ4v) is 6.29. The van der Waals surface area contributed by atoms with Crippen molar-refractivity contribution in [1.29, 1.82) is 0 Å². The van der Waals surface area contributed by atoms with E-state index in [9.17, 15) is 4.79 Å². The number of nitrogens with zero attached hydrogens (tertiary/aromatic N) is 3. The molecule has 0 saturated heterocycles. The van der Waals surface area contributed by atoms with Crippen LogP contribution < -0.4 is 20.7 Å². The quantitative estimate of drug-likeness (QED) is 0.377. The molecule has 0 radical (unpaired) electrons. The van der Waals surface area contributed by atoms with E-state index in [2.05, 4.69) is 46.1 Å². The average Bonchev–Trinajstić information content (AvgIpc) is 3.46. The number of carbonyl (C=O) groups is 1. The molecule has 1 aliphatic heterocycles. The summed E-state index contributed by atoms with van der Waals surface area (Å²) in [5.74, 6) is 1.69. The van der Waals surface area contributed by atoms with Crippen molar-refractivity contribution in [2.75, 3.05) is 19.0 Å². The number of aromatic nitrogens is 3. The maximum absolute atomic E-state index is 11.8. The van der Waals surface area contributed by atoms with E-state index in [0.717, 1.165) is 77.0 Å². The minimum absolute atomic E-state index is 0.0540. The monoisotopic (exact) mass is 488 g/mol. The first kappa shape index (κ1) is 22.0. The molecule has 3 aliphatic rings. The van der Waals surface area contributed by atoms with Crippen LogP contribution in [0.1, 0.15) is 49.1 Å². The van der Waals surface area contributed by atoms with Crippen molar-refractivity contribution in [3.05, 3.63) is 58.5 Å². The van der Waals surface area contributed by atoms with Gasteiger partial charge in [0.15, 0.2) is 5.50 Å². The average molecular weight is 489 g/mol. The number of amides is 1. The number of methoxy groups -OCH3 is 1. The van der Waals surface area contributed by atoms with E-state index in [1.807, 2.05) is 16.9 Å². The maximum atomic E-state index is 11.8. The highest BCUT2D eigenvalue weighted by Crippen LogP contribution is 2.48. The second kappa shape index (κ2) is 8.64. The summed E-state index contributed by atoms with van der Waals surface area (Å²) in [6.45, 7) is 4.43. The van der Waals surface area contributed by atoms with Gasteiger partial charge in [-0.25, -0.2) is 9.67 Å². The molecule has 0 spiro atoms. The number of rotatable bonds is 6. The molecule has 2 aromatic heterocycles. The molecule has 1 amide bonds. The Balaban J connectivity index is 1.52. The molecule has 3 heterocycles. The molecule has 2 aliphatic carbocycles. The van der Waals surface area contributed by atoms with Crippen LogP contribution in [0, 0.1) is 0 Å². The zero-order valence-corrected chi connectivity index (χ0v) is 20.9. The van der Waals surface area contributed by atoms with Crippen LogP contribution in [0.4, 0.5) is 5.82 Å². The molecule has 180 valence electrons. The van der Waals surface area contributed by atoms with E-state index in [1.165, 1.54) is 16.7 Å². The second-order valence-electron chi connectivity index (χ2n) is 8.99. The fourth-order valence-electron chi connectivity index (χ4n) is 5.00. The minimum atomic E-state index is -0.188. The predicted molar refractivity (Wildman–Crippen MR) is 139 cm³/mol. The van der Waals surface area contributed by atoms with Crippen LogP contribution in [0.2, 0.25) is 0 Å². The van der Waals surface area contributed by atoms with E-state index in [-0.39, 0.29) is 11.4 Å². The third kappa shape index (κ3) is 3.83. The van der Waals surface area contributed by atoms with Crippen molar-refractivity contribution in [2.45, 2.75) is 45.0 Å². The molecule has 1 atom stereocenters. The van der Waals surface area contributed by atoms with Crippen LogP contribution in [0.3, 0.4) is 0 Å². The molecular weight excluding hydrogens is 460 g/mol. The van der Waals surface area contributed by atoms with Gasteiger partial charge < -0.3 is 20.7 Å². The lowest BCUT2D eigenvalue weighted by atomic mass is 10.0. The Morgan fingerprint density at radius 2 is 2.14 bits per heavy atom. The van der Waals surface area contributed by atoms with Gasteiger partial charge in [0.2, 0.25) is 5.91 Å². The Bertz CT molecular complexity index is 1360. The topological polar surface area (TPSA) is 93.1 Å². The number of nitrogens with one attached hydrogen (secondary N) is 3. The van der Waals surface area contributed by atoms with Gasteiger partial charge in [0.1, 0.15) is 17.3 Å². The van der Waals surface area contributed by atoms with E-state index >= 15 is 0 Å². The lowest BCUT2D eigenvalue weighted by molar-refractivity contribution is -0.119. The molecule has 9 heteroatoms. The summed E-state index contributed by atoms with van der Waals surface area (Å²) in [4.78, 5) is 17.5. The van der Waals surface area contributed by atoms with E-state index in [4.69, 9.17) is 9.84 Å². The largest absolute Gasteiger partial charge is 0.494 e. The van der Waals surface area contributed by atoms with Crippen LogP contribution in [0.5, 0.6) is 5.75 Å². The van der Waals surface area contributed by atoms with Crippen molar-refractivity contribution in [3.8, 4) is 22.7 Å². The molecule has 3 N–H and O–H groups in total. The standard InChI is InChI=1S/C26H28N6O2S/c1-4-27-21-11-9-16(13-28-21)22-17-6-5-7-19-25(35-26(30-19)29-14(2)33)23(17)32(31-22)20-10-8-15-12-18(15)24(20)34-3/h8-11,13,26,30H,4-7,12H2,1-3H3,(H,27,28)(H,29,33). The minimum Gasteiger partial charge on any atom is -0.494 e. The number of fused-ring (bicyclic) bond motifs is 3. The van der Waals surface area contributed by atoms with Gasteiger partial charge in [-0.1, -0.05) is 17.8 Å². The number of pyridine rings is 1. The van der Waals surface area contributed by atoms with E-state index < -0.39 is 0 Å². The van der Waals surface area contributed by atoms with E-state index in [0.29, 0.717) is 0 Å². The highest BCUT2D eigenvalue weighted by atomic mass is 32.2. The maximum Gasteiger partial charge on any atom is 0.219 e. The summed E-state index contributed by atoms with van der Waals surface area (Å²) in [6.07, 6.45) is 5.69. The van der Waals surface area contributed by atoms with Gasteiger partial charge in [-0.15, -0.1) is 0 Å². The van der Waals surface area contributed by atoms with Gasteiger partial charge in [-0.2, -0.15) is 5.10 Å². The van der Waals surface area contributed by atoms with Crippen LogP contribution >= 0.6 is 11.8 Å². The number of hydrogen-bond donors (Lipinski definition) is 3. The van der Waals surface area contributed by atoms with Crippen LogP contribution in [0.25, 0.3) is 21.8 Å². The Kier molecular flexibility index (Phi) is 5.44. The second-order valence-corrected chi connectivity index (χ2v) is 10.1. The Labute approximate surface area is 208 Å². The summed E-state index contributed by atoms with van der Waals surface area (Å²) < 4.78 is 7.92. The molecule has 8 nitrogen and oxygen atoms in total. The highest BCUT2D eigenvalue weighted by molar-refractivity contribution is 8.09. The lowest BCUT2D eigenvalue weighted by Crippen LogP contribution is -2.38. The number of thioether (sulfide) groups is 1. The zero-order valence-electron chi connectivity index (χ0n) is 20.1. The van der Waals surface area contributed by atoms with Gasteiger partial charge in [0.05, 0.1) is 23.4 Å². The van der Waals surface area contributed by atoms with Crippen molar-refractivity contribution in [2.24, 2.45) is 0 Å².